The number of allylic oxidation sites excluding steroid dienone is 1. The fraction of sp³-hybridized carbons (Fsp3) is 0.524. The van der Waals surface area contributed by atoms with Crippen LogP contribution in [0.2, 0.25) is 0 Å². The van der Waals surface area contributed by atoms with Gasteiger partial charge >= 0.3 is 0 Å². The summed E-state index contributed by atoms with van der Waals surface area (Å²) in [5, 5.41) is 8.37. The van der Waals surface area contributed by atoms with Gasteiger partial charge < -0.3 is 15.5 Å². The number of nitrogens with one attached hydrogen (secondary N) is 2. The van der Waals surface area contributed by atoms with Crippen LogP contribution in [0.5, 0.6) is 0 Å². The Balaban J connectivity index is 1.33. The Hall–Kier alpha value is -1.50. The van der Waals surface area contributed by atoms with Crippen molar-refractivity contribution in [2.75, 3.05) is 30.9 Å². The first-order valence-corrected chi connectivity index (χ1v) is 11.3. The van der Waals surface area contributed by atoms with Gasteiger partial charge in [-0.2, -0.15) is 4.98 Å². The van der Waals surface area contributed by atoms with Crippen molar-refractivity contribution in [1.82, 2.24) is 15.3 Å². The number of para-hydroxylation sites is 1. The molecule has 0 radical (unpaired) electrons. The number of rotatable bonds is 6. The number of thioether (sulfide) groups is 1. The number of hydrogen-bond acceptors (Lipinski definition) is 6. The number of halogens is 1. The van der Waals surface area contributed by atoms with Gasteiger partial charge in [-0.1, -0.05) is 18.2 Å². The quantitative estimate of drug-likeness (QED) is 0.670. The van der Waals surface area contributed by atoms with E-state index < -0.39 is 0 Å². The summed E-state index contributed by atoms with van der Waals surface area (Å²) in [5.74, 6) is 1.70. The maximum atomic E-state index is 6.15. The summed E-state index contributed by atoms with van der Waals surface area (Å²) in [6.45, 7) is 0.955. The number of alkyl halides is 1. The Morgan fingerprint density at radius 1 is 1.11 bits per heavy atom. The van der Waals surface area contributed by atoms with Crippen molar-refractivity contribution in [3.63, 3.8) is 0 Å². The molecule has 2 N–H and O–H groups in total. The SMILES string of the molecule is CN(C)c1nc(NC2CCC(NCC3=CCC(Cl)S3)CC2)nc2ccccc12. The van der Waals surface area contributed by atoms with Gasteiger partial charge in [-0.15, -0.1) is 23.4 Å². The third-order valence-corrected chi connectivity index (χ3v) is 6.95. The van der Waals surface area contributed by atoms with Crippen LogP contribution < -0.4 is 15.5 Å². The Labute approximate surface area is 176 Å². The van der Waals surface area contributed by atoms with Gasteiger partial charge in [0.2, 0.25) is 5.95 Å². The zero-order chi connectivity index (χ0) is 19.5. The molecule has 1 atom stereocenters. The van der Waals surface area contributed by atoms with Crippen LogP contribution in [0, 0.1) is 0 Å². The van der Waals surface area contributed by atoms with Gasteiger partial charge in [0.1, 0.15) is 5.82 Å². The molecule has 7 heteroatoms. The van der Waals surface area contributed by atoms with E-state index in [0.717, 1.165) is 48.5 Å². The average Bonchev–Trinajstić information content (AvgIpc) is 3.12. The third-order valence-electron chi connectivity index (χ3n) is 5.44. The molecule has 1 aliphatic carbocycles. The molecule has 1 unspecified atom stereocenters. The standard InChI is InChI=1S/C21H28ClN5S/c1-27(2)20-17-5-3-4-6-18(17)25-21(26-20)24-15-9-7-14(8-10-15)23-13-16-11-12-19(22)28-16/h3-6,11,14-15,19,23H,7-10,12-13H2,1-2H3,(H,24,25,26). The summed E-state index contributed by atoms with van der Waals surface area (Å²) in [6, 6.07) is 9.21. The van der Waals surface area contributed by atoms with Crippen LogP contribution >= 0.6 is 23.4 Å². The molecule has 2 aliphatic rings. The maximum absolute atomic E-state index is 6.15. The van der Waals surface area contributed by atoms with Gasteiger partial charge in [-0.25, -0.2) is 4.98 Å². The Morgan fingerprint density at radius 3 is 2.57 bits per heavy atom. The maximum Gasteiger partial charge on any atom is 0.225 e. The minimum Gasteiger partial charge on any atom is -0.362 e. The van der Waals surface area contributed by atoms with Crippen LogP contribution in [0.1, 0.15) is 32.1 Å². The summed E-state index contributed by atoms with van der Waals surface area (Å²) in [5.41, 5.74) is 0.985. The van der Waals surface area contributed by atoms with E-state index >= 15 is 0 Å². The van der Waals surface area contributed by atoms with Crippen LogP contribution in [0.15, 0.2) is 35.2 Å². The minimum absolute atomic E-state index is 0.228. The molecular formula is C21H28ClN5S. The lowest BCUT2D eigenvalue weighted by molar-refractivity contribution is 0.362. The number of hydrogen-bond donors (Lipinski definition) is 2. The lowest BCUT2D eigenvalue weighted by Gasteiger charge is -2.30. The molecule has 1 aromatic heterocycles. The number of aromatic nitrogens is 2. The lowest BCUT2D eigenvalue weighted by Crippen LogP contribution is -2.37. The van der Waals surface area contributed by atoms with E-state index in [1.165, 1.54) is 17.7 Å². The van der Waals surface area contributed by atoms with Gasteiger partial charge in [0.25, 0.3) is 0 Å². The predicted molar refractivity (Wildman–Crippen MR) is 121 cm³/mol. The van der Waals surface area contributed by atoms with Crippen LogP contribution in [0.3, 0.4) is 0 Å². The van der Waals surface area contributed by atoms with Gasteiger partial charge in [0.15, 0.2) is 0 Å². The highest BCUT2D eigenvalue weighted by Crippen LogP contribution is 2.34. The Bertz CT molecular complexity index is 848. The molecular weight excluding hydrogens is 390 g/mol. The van der Waals surface area contributed by atoms with Crippen molar-refractivity contribution in [2.45, 2.75) is 48.9 Å². The second kappa shape index (κ2) is 8.89. The van der Waals surface area contributed by atoms with Crippen LogP contribution in [0.4, 0.5) is 11.8 Å². The summed E-state index contributed by atoms with van der Waals surface area (Å²) in [6.07, 6.45) is 7.87. The molecule has 0 saturated heterocycles. The molecule has 4 rings (SSSR count). The number of anilines is 2. The van der Waals surface area contributed by atoms with Crippen LogP contribution in [-0.4, -0.2) is 47.4 Å². The lowest BCUT2D eigenvalue weighted by atomic mass is 9.91. The van der Waals surface area contributed by atoms with Crippen molar-refractivity contribution in [1.29, 1.82) is 0 Å². The molecule has 1 aliphatic heterocycles. The van der Waals surface area contributed by atoms with E-state index in [0.29, 0.717) is 12.1 Å². The van der Waals surface area contributed by atoms with Crippen molar-refractivity contribution in [3.05, 3.63) is 35.2 Å². The first-order valence-electron chi connectivity index (χ1n) is 10.0. The third kappa shape index (κ3) is 4.73. The zero-order valence-corrected chi connectivity index (χ0v) is 18.1. The number of fused-ring (bicyclic) bond motifs is 1. The molecule has 0 amide bonds. The predicted octanol–water partition coefficient (Wildman–Crippen LogP) is 4.59. The zero-order valence-electron chi connectivity index (χ0n) is 16.5. The largest absolute Gasteiger partial charge is 0.362 e. The molecule has 1 saturated carbocycles. The van der Waals surface area contributed by atoms with Gasteiger partial charge in [-0.05, 0) is 49.1 Å². The monoisotopic (exact) mass is 417 g/mol. The Kier molecular flexibility index (Phi) is 6.28. The van der Waals surface area contributed by atoms with E-state index in [4.69, 9.17) is 21.6 Å². The summed E-state index contributed by atoms with van der Waals surface area (Å²) >= 11 is 7.94. The van der Waals surface area contributed by atoms with E-state index in [2.05, 4.69) is 33.7 Å². The molecule has 28 heavy (non-hydrogen) atoms. The number of benzene rings is 1. The van der Waals surface area contributed by atoms with Crippen molar-refractivity contribution < 1.29 is 0 Å². The fourth-order valence-electron chi connectivity index (χ4n) is 3.93. The van der Waals surface area contributed by atoms with Crippen molar-refractivity contribution >= 4 is 46.0 Å². The van der Waals surface area contributed by atoms with Gasteiger partial charge in [0.05, 0.1) is 10.2 Å². The van der Waals surface area contributed by atoms with Gasteiger partial charge in [0, 0.05) is 38.1 Å². The minimum atomic E-state index is 0.228. The highest BCUT2D eigenvalue weighted by atomic mass is 35.5. The summed E-state index contributed by atoms with van der Waals surface area (Å²) in [4.78, 5) is 13.0. The molecule has 5 nitrogen and oxygen atoms in total. The average molecular weight is 418 g/mol. The smallest absolute Gasteiger partial charge is 0.225 e. The van der Waals surface area contributed by atoms with E-state index in [9.17, 15) is 0 Å². The topological polar surface area (TPSA) is 53.1 Å². The molecule has 2 heterocycles. The van der Waals surface area contributed by atoms with E-state index in [1.54, 1.807) is 11.8 Å². The summed E-state index contributed by atoms with van der Waals surface area (Å²) < 4.78 is 0.228. The van der Waals surface area contributed by atoms with Gasteiger partial charge in [-0.3, -0.25) is 0 Å². The molecule has 0 bridgehead atoms. The molecule has 1 aromatic carbocycles. The molecule has 2 aromatic rings. The molecule has 1 fully saturated rings. The second-order valence-corrected chi connectivity index (χ2v) is 9.90. The second-order valence-electron chi connectivity index (χ2n) is 7.79. The highest BCUT2D eigenvalue weighted by Gasteiger charge is 2.23. The normalized spacial score (nSPS) is 25.0. The van der Waals surface area contributed by atoms with E-state index in [1.807, 2.05) is 26.2 Å². The molecule has 0 spiro atoms. The van der Waals surface area contributed by atoms with Crippen LogP contribution in [0.25, 0.3) is 10.9 Å². The summed E-state index contributed by atoms with van der Waals surface area (Å²) in [7, 11) is 4.06. The van der Waals surface area contributed by atoms with Crippen molar-refractivity contribution in [3.8, 4) is 0 Å². The van der Waals surface area contributed by atoms with Crippen molar-refractivity contribution in [2.24, 2.45) is 0 Å². The van der Waals surface area contributed by atoms with E-state index in [-0.39, 0.29) is 4.71 Å². The number of nitrogens with zero attached hydrogens (tertiary/aromatic N) is 3. The first kappa shape index (κ1) is 19.8. The van der Waals surface area contributed by atoms with Crippen LogP contribution in [-0.2, 0) is 0 Å². The fourth-order valence-corrected chi connectivity index (χ4v) is 5.25. The highest BCUT2D eigenvalue weighted by molar-refractivity contribution is 8.05. The Morgan fingerprint density at radius 2 is 1.86 bits per heavy atom. The molecule has 150 valence electrons. The first-order chi connectivity index (χ1) is 13.6.